The van der Waals surface area contributed by atoms with Crippen molar-refractivity contribution in [3.05, 3.63) is 145 Å². The molecule has 0 radical (unpaired) electrons. The third-order valence-electron chi connectivity index (χ3n) is 8.59. The van der Waals surface area contributed by atoms with Crippen molar-refractivity contribution in [3.8, 4) is 11.1 Å². The molecule has 8 heteroatoms. The van der Waals surface area contributed by atoms with Gasteiger partial charge in [-0.25, -0.2) is 21.7 Å². The summed E-state index contributed by atoms with van der Waals surface area (Å²) in [5.41, 5.74) is 7.46. The number of nitrogens with zero attached hydrogens (tertiary/aromatic N) is 2. The van der Waals surface area contributed by atoms with Gasteiger partial charge in [0.05, 0.1) is 22.4 Å². The van der Waals surface area contributed by atoms with E-state index in [1.165, 1.54) is 10.0 Å². The van der Waals surface area contributed by atoms with Gasteiger partial charge in [-0.2, -0.15) is 0 Å². The lowest BCUT2D eigenvalue weighted by molar-refractivity contribution is 0.0979. The van der Waals surface area contributed by atoms with E-state index in [9.17, 15) is 9.59 Å². The molecule has 0 unspecified atom stereocenters. The Balaban J connectivity index is 1.01. The largest absolute Gasteiger partial charge is 0.353 e. The third-order valence-corrected chi connectivity index (χ3v) is 8.59. The molecule has 0 aliphatic rings. The van der Waals surface area contributed by atoms with Gasteiger partial charge in [0, 0.05) is 43.7 Å². The van der Waals surface area contributed by atoms with Gasteiger partial charge in [-0.3, -0.25) is 9.59 Å². The highest BCUT2D eigenvalue weighted by Gasteiger charge is 2.20. The lowest BCUT2D eigenvalue weighted by atomic mass is 10.0. The number of nitrogens with two attached hydrogens (primary N) is 2. The van der Waals surface area contributed by atoms with Crippen LogP contribution in [0.4, 0.5) is 11.4 Å². The van der Waals surface area contributed by atoms with Gasteiger partial charge in [0.15, 0.2) is 0 Å². The summed E-state index contributed by atoms with van der Waals surface area (Å²) in [5, 5.41) is 6.51. The van der Waals surface area contributed by atoms with Crippen LogP contribution in [0, 0.1) is 0 Å². The van der Waals surface area contributed by atoms with Crippen LogP contribution < -0.4 is 21.7 Å². The number of H-pyrrole nitrogens is 2. The van der Waals surface area contributed by atoms with E-state index in [2.05, 4.69) is 9.97 Å². The highest BCUT2D eigenvalue weighted by Crippen LogP contribution is 2.33. The van der Waals surface area contributed by atoms with E-state index >= 15 is 0 Å². The molecule has 0 saturated heterocycles. The lowest BCUT2D eigenvalue weighted by Crippen LogP contribution is -2.37. The van der Waals surface area contributed by atoms with Crippen LogP contribution in [0.2, 0.25) is 0 Å². The van der Waals surface area contributed by atoms with Gasteiger partial charge in [-0.1, -0.05) is 84.9 Å². The topological polar surface area (TPSA) is 124 Å². The predicted octanol–water partition coefficient (Wildman–Crippen LogP) is 7.66. The summed E-state index contributed by atoms with van der Waals surface area (Å²) >= 11 is 0. The zero-order valence-corrected chi connectivity index (χ0v) is 24.6. The maximum Gasteiger partial charge on any atom is 0.272 e. The van der Waals surface area contributed by atoms with Gasteiger partial charge in [0.1, 0.15) is 0 Å². The minimum absolute atomic E-state index is 0.327. The molecule has 0 spiro atoms. The molecule has 8 nitrogen and oxygen atoms in total. The number of para-hydroxylation sites is 4. The van der Waals surface area contributed by atoms with Crippen LogP contribution in [0.5, 0.6) is 0 Å². The summed E-state index contributed by atoms with van der Waals surface area (Å²) in [5.74, 6) is 12.1. The fraction of sp³-hybridized carbons (Fsp3) is 0. The zero-order valence-electron chi connectivity index (χ0n) is 24.6. The number of carbonyl (C=O) groups is 2. The number of fused-ring (bicyclic) bond motifs is 6. The number of hydrogen-bond donors (Lipinski definition) is 4. The SMILES string of the molecule is NN(C(=O)c1ccc(-c2ccc(C(=O)N(N)c3cccc4c3[nH]c3ccccc34)cc2)cc1)c1cccc2c1[nH]c1ccccc12. The Morgan fingerprint density at radius 3 is 1.22 bits per heavy atom. The van der Waals surface area contributed by atoms with Crippen LogP contribution in [0.3, 0.4) is 0 Å². The highest BCUT2D eigenvalue weighted by molar-refractivity contribution is 6.17. The Hall–Kier alpha value is -6.22. The van der Waals surface area contributed by atoms with Crippen LogP contribution in [-0.2, 0) is 0 Å². The van der Waals surface area contributed by atoms with Crippen molar-refractivity contribution in [1.29, 1.82) is 0 Å². The minimum atomic E-state index is -0.327. The zero-order chi connectivity index (χ0) is 31.4. The number of rotatable bonds is 5. The molecule has 0 aliphatic heterocycles. The molecular formula is C38H28N6O2. The number of aromatic nitrogens is 2. The van der Waals surface area contributed by atoms with Crippen molar-refractivity contribution >= 4 is 66.8 Å². The van der Waals surface area contributed by atoms with Gasteiger partial charge in [-0.05, 0) is 59.7 Å². The van der Waals surface area contributed by atoms with Crippen LogP contribution in [-0.4, -0.2) is 21.8 Å². The van der Waals surface area contributed by atoms with Crippen molar-refractivity contribution < 1.29 is 9.59 Å². The predicted molar refractivity (Wildman–Crippen MR) is 185 cm³/mol. The third kappa shape index (κ3) is 4.40. The van der Waals surface area contributed by atoms with Crippen molar-refractivity contribution in [2.45, 2.75) is 0 Å². The van der Waals surface area contributed by atoms with Gasteiger partial charge in [0.2, 0.25) is 0 Å². The number of amides is 2. The fourth-order valence-corrected chi connectivity index (χ4v) is 6.22. The monoisotopic (exact) mass is 600 g/mol. The molecule has 2 amide bonds. The molecule has 0 bridgehead atoms. The molecule has 0 fully saturated rings. The second-order valence-corrected chi connectivity index (χ2v) is 11.2. The first kappa shape index (κ1) is 27.3. The van der Waals surface area contributed by atoms with Crippen molar-refractivity contribution in [3.63, 3.8) is 0 Å². The van der Waals surface area contributed by atoms with Crippen LogP contribution >= 0.6 is 0 Å². The van der Waals surface area contributed by atoms with E-state index in [4.69, 9.17) is 11.7 Å². The first-order valence-electron chi connectivity index (χ1n) is 14.9. The first-order chi connectivity index (χ1) is 22.5. The average molecular weight is 601 g/mol. The second kappa shape index (κ2) is 10.7. The summed E-state index contributed by atoms with van der Waals surface area (Å²) in [6.45, 7) is 0. The quantitative estimate of drug-likeness (QED) is 0.0919. The highest BCUT2D eigenvalue weighted by atomic mass is 16.2. The summed E-state index contributed by atoms with van der Waals surface area (Å²) in [6, 6.07) is 42.0. The van der Waals surface area contributed by atoms with Crippen LogP contribution in [0.1, 0.15) is 20.7 Å². The van der Waals surface area contributed by atoms with E-state index in [1.807, 2.05) is 109 Å². The van der Waals surface area contributed by atoms with E-state index in [-0.39, 0.29) is 11.8 Å². The molecule has 2 aromatic heterocycles. The smallest absolute Gasteiger partial charge is 0.272 e. The van der Waals surface area contributed by atoms with Crippen LogP contribution in [0.25, 0.3) is 54.7 Å². The average Bonchev–Trinajstić information content (AvgIpc) is 3.69. The molecule has 0 aliphatic carbocycles. The Morgan fingerprint density at radius 2 is 0.804 bits per heavy atom. The molecule has 8 aromatic rings. The molecule has 2 heterocycles. The normalized spacial score (nSPS) is 11.4. The molecule has 6 aromatic carbocycles. The van der Waals surface area contributed by atoms with Gasteiger partial charge in [-0.15, -0.1) is 0 Å². The van der Waals surface area contributed by atoms with Gasteiger partial charge < -0.3 is 9.97 Å². The van der Waals surface area contributed by atoms with E-state index in [0.717, 1.165) is 54.7 Å². The Bertz CT molecular complexity index is 2270. The van der Waals surface area contributed by atoms with Crippen molar-refractivity contribution in [2.24, 2.45) is 11.7 Å². The van der Waals surface area contributed by atoms with Crippen molar-refractivity contribution in [2.75, 3.05) is 10.0 Å². The Kier molecular flexibility index (Phi) is 6.38. The minimum Gasteiger partial charge on any atom is -0.353 e. The number of aromatic amines is 2. The molecule has 6 N–H and O–H groups in total. The Morgan fingerprint density at radius 1 is 0.435 bits per heavy atom. The van der Waals surface area contributed by atoms with E-state index < -0.39 is 0 Å². The fourth-order valence-electron chi connectivity index (χ4n) is 6.22. The number of carbonyl (C=O) groups excluding carboxylic acids is 2. The maximum absolute atomic E-state index is 13.4. The maximum atomic E-state index is 13.4. The Labute approximate surface area is 263 Å². The number of benzene rings is 6. The number of hydrazine groups is 2. The lowest BCUT2D eigenvalue weighted by Gasteiger charge is -2.18. The van der Waals surface area contributed by atoms with Gasteiger partial charge in [0.25, 0.3) is 11.8 Å². The summed E-state index contributed by atoms with van der Waals surface area (Å²) in [4.78, 5) is 33.6. The van der Waals surface area contributed by atoms with Crippen LogP contribution in [0.15, 0.2) is 133 Å². The summed E-state index contributed by atoms with van der Waals surface area (Å²) in [7, 11) is 0. The molecule has 0 atom stereocenters. The standard InChI is InChI=1S/C38H28N6O2/c39-43(33-13-5-9-29-27-7-1-3-11-31(27)41-35(29)33)37(45)25-19-15-23(16-20-25)24-17-21-26(22-18-24)38(46)44(40)34-14-6-10-30-28-8-2-4-12-32(28)42-36(30)34/h1-22,41-42H,39-40H2. The summed E-state index contributed by atoms with van der Waals surface area (Å²) in [6.07, 6.45) is 0. The number of anilines is 2. The molecule has 0 saturated carbocycles. The van der Waals surface area contributed by atoms with Gasteiger partial charge >= 0.3 is 0 Å². The molecule has 222 valence electrons. The summed E-state index contributed by atoms with van der Waals surface area (Å²) < 4.78 is 0. The second-order valence-electron chi connectivity index (χ2n) is 11.2. The van der Waals surface area contributed by atoms with Crippen molar-refractivity contribution in [1.82, 2.24) is 9.97 Å². The first-order valence-corrected chi connectivity index (χ1v) is 14.9. The van der Waals surface area contributed by atoms with E-state index in [1.54, 1.807) is 24.3 Å². The molecular weight excluding hydrogens is 572 g/mol. The number of nitrogens with one attached hydrogen (secondary N) is 2. The molecule has 46 heavy (non-hydrogen) atoms. The number of hydrogen-bond acceptors (Lipinski definition) is 4. The van der Waals surface area contributed by atoms with E-state index in [0.29, 0.717) is 22.5 Å². The molecule has 8 rings (SSSR count).